The SMILES string of the molecule is CCc1nc2ccccc2n1CC(=O)NC[C@@H]1CNC[C@@H]1O. The molecule has 6 heteroatoms. The van der Waals surface area contributed by atoms with Crippen molar-refractivity contribution in [2.75, 3.05) is 19.6 Å². The zero-order valence-electron chi connectivity index (χ0n) is 12.7. The Hall–Kier alpha value is -1.92. The van der Waals surface area contributed by atoms with Crippen LogP contribution in [0.1, 0.15) is 12.7 Å². The number of benzene rings is 1. The number of imidazole rings is 1. The number of nitrogens with one attached hydrogen (secondary N) is 2. The number of carbonyl (C=O) groups excluding carboxylic acids is 1. The monoisotopic (exact) mass is 302 g/mol. The van der Waals surface area contributed by atoms with Gasteiger partial charge in [0.2, 0.25) is 5.91 Å². The highest BCUT2D eigenvalue weighted by Crippen LogP contribution is 2.16. The topological polar surface area (TPSA) is 79.2 Å². The number of fused-ring (bicyclic) bond motifs is 1. The van der Waals surface area contributed by atoms with Crippen molar-refractivity contribution in [2.45, 2.75) is 26.0 Å². The lowest BCUT2D eigenvalue weighted by Crippen LogP contribution is -2.36. The third kappa shape index (κ3) is 2.98. The number of β-amino-alcohol motifs (C(OH)–C–C–N with tert-alkyl or cyclic N) is 1. The van der Waals surface area contributed by atoms with E-state index in [4.69, 9.17) is 0 Å². The number of para-hydroxylation sites is 2. The Balaban J connectivity index is 1.68. The predicted octanol–water partition coefficient (Wildman–Crippen LogP) is 0.295. The maximum Gasteiger partial charge on any atom is 0.240 e. The molecule has 1 saturated heterocycles. The highest BCUT2D eigenvalue weighted by molar-refractivity contribution is 5.81. The van der Waals surface area contributed by atoms with Crippen LogP contribution in [-0.2, 0) is 17.8 Å². The average molecular weight is 302 g/mol. The smallest absolute Gasteiger partial charge is 0.240 e. The van der Waals surface area contributed by atoms with Gasteiger partial charge in [0.15, 0.2) is 0 Å². The first-order valence-corrected chi connectivity index (χ1v) is 7.78. The molecule has 0 unspecified atom stereocenters. The van der Waals surface area contributed by atoms with E-state index in [0.717, 1.165) is 29.8 Å². The lowest BCUT2D eigenvalue weighted by Gasteiger charge is -2.15. The molecule has 0 radical (unpaired) electrons. The summed E-state index contributed by atoms with van der Waals surface area (Å²) < 4.78 is 1.97. The fraction of sp³-hybridized carbons (Fsp3) is 0.500. The van der Waals surface area contributed by atoms with Crippen LogP contribution >= 0.6 is 0 Å². The third-order valence-electron chi connectivity index (χ3n) is 4.22. The number of carbonyl (C=O) groups is 1. The minimum Gasteiger partial charge on any atom is -0.391 e. The number of aryl methyl sites for hydroxylation is 1. The van der Waals surface area contributed by atoms with Crippen molar-refractivity contribution in [3.8, 4) is 0 Å². The molecule has 22 heavy (non-hydrogen) atoms. The summed E-state index contributed by atoms with van der Waals surface area (Å²) in [4.78, 5) is 16.8. The second-order valence-corrected chi connectivity index (χ2v) is 5.75. The summed E-state index contributed by atoms with van der Waals surface area (Å²) in [6.07, 6.45) is 0.410. The van der Waals surface area contributed by atoms with Crippen LogP contribution in [0.25, 0.3) is 11.0 Å². The van der Waals surface area contributed by atoms with Crippen molar-refractivity contribution in [3.63, 3.8) is 0 Å². The van der Waals surface area contributed by atoms with Crippen molar-refractivity contribution >= 4 is 16.9 Å². The second-order valence-electron chi connectivity index (χ2n) is 5.75. The van der Waals surface area contributed by atoms with E-state index in [1.165, 1.54) is 0 Å². The number of aliphatic hydroxyl groups excluding tert-OH is 1. The normalized spacial score (nSPS) is 21.4. The Morgan fingerprint density at radius 1 is 1.45 bits per heavy atom. The van der Waals surface area contributed by atoms with Crippen molar-refractivity contribution in [1.82, 2.24) is 20.2 Å². The number of nitrogens with zero attached hydrogens (tertiary/aromatic N) is 2. The standard InChI is InChI=1S/C16H22N4O2/c1-2-15-19-12-5-3-4-6-13(12)20(15)10-16(22)18-8-11-7-17-9-14(11)21/h3-6,11,14,17,21H,2,7-10H2,1H3,(H,18,22)/t11-,14-/m0/s1. The van der Waals surface area contributed by atoms with Gasteiger partial charge in [-0.05, 0) is 12.1 Å². The highest BCUT2D eigenvalue weighted by Gasteiger charge is 2.25. The quantitative estimate of drug-likeness (QED) is 0.742. The fourth-order valence-corrected chi connectivity index (χ4v) is 2.94. The molecule has 0 saturated carbocycles. The number of aromatic nitrogens is 2. The number of hydrogen-bond acceptors (Lipinski definition) is 4. The van der Waals surface area contributed by atoms with E-state index in [9.17, 15) is 9.90 Å². The van der Waals surface area contributed by atoms with Gasteiger partial charge in [0.1, 0.15) is 12.4 Å². The Labute approximate surface area is 129 Å². The molecule has 118 valence electrons. The van der Waals surface area contributed by atoms with Gasteiger partial charge in [0.05, 0.1) is 17.1 Å². The Morgan fingerprint density at radius 3 is 3.00 bits per heavy atom. The molecule has 0 spiro atoms. The number of aliphatic hydroxyl groups is 1. The summed E-state index contributed by atoms with van der Waals surface area (Å²) in [6.45, 7) is 4.15. The maximum atomic E-state index is 12.2. The van der Waals surface area contributed by atoms with Crippen molar-refractivity contribution in [3.05, 3.63) is 30.1 Å². The lowest BCUT2D eigenvalue weighted by molar-refractivity contribution is -0.121. The van der Waals surface area contributed by atoms with Gasteiger partial charge in [-0.25, -0.2) is 4.98 Å². The lowest BCUT2D eigenvalue weighted by atomic mass is 10.1. The summed E-state index contributed by atoms with van der Waals surface area (Å²) in [5.74, 6) is 0.963. The van der Waals surface area contributed by atoms with Crippen LogP contribution in [0, 0.1) is 5.92 Å². The summed E-state index contributed by atoms with van der Waals surface area (Å²) in [7, 11) is 0. The largest absolute Gasteiger partial charge is 0.391 e. The van der Waals surface area contributed by atoms with Gasteiger partial charge >= 0.3 is 0 Å². The van der Waals surface area contributed by atoms with E-state index in [1.54, 1.807) is 0 Å². The summed E-state index contributed by atoms with van der Waals surface area (Å²) in [5, 5.41) is 15.8. The molecule has 0 bridgehead atoms. The van der Waals surface area contributed by atoms with Crippen LogP contribution in [0.3, 0.4) is 0 Å². The van der Waals surface area contributed by atoms with Crippen LogP contribution < -0.4 is 10.6 Å². The molecule has 1 aromatic carbocycles. The van der Waals surface area contributed by atoms with Crippen molar-refractivity contribution < 1.29 is 9.90 Å². The molecule has 3 N–H and O–H groups in total. The molecule has 6 nitrogen and oxygen atoms in total. The molecule has 1 fully saturated rings. The molecule has 1 aromatic heterocycles. The molecule has 0 aliphatic carbocycles. The van der Waals surface area contributed by atoms with Crippen molar-refractivity contribution in [2.24, 2.45) is 5.92 Å². The van der Waals surface area contributed by atoms with E-state index in [-0.39, 0.29) is 24.5 Å². The van der Waals surface area contributed by atoms with Crippen LogP contribution in [0.4, 0.5) is 0 Å². The van der Waals surface area contributed by atoms with E-state index in [0.29, 0.717) is 13.1 Å². The van der Waals surface area contributed by atoms with Gasteiger partial charge in [0.25, 0.3) is 0 Å². The number of rotatable bonds is 5. The molecule has 3 rings (SSSR count). The maximum absolute atomic E-state index is 12.2. The van der Waals surface area contributed by atoms with Gasteiger partial charge in [-0.15, -0.1) is 0 Å². The molecule has 1 aliphatic heterocycles. The molecular weight excluding hydrogens is 280 g/mol. The minimum atomic E-state index is -0.374. The first-order valence-electron chi connectivity index (χ1n) is 7.78. The van der Waals surface area contributed by atoms with E-state index in [1.807, 2.05) is 35.8 Å². The summed E-state index contributed by atoms with van der Waals surface area (Å²) in [6, 6.07) is 7.86. The van der Waals surface area contributed by atoms with E-state index >= 15 is 0 Å². The third-order valence-corrected chi connectivity index (χ3v) is 4.22. The predicted molar refractivity (Wildman–Crippen MR) is 84.5 cm³/mol. The molecule has 1 aliphatic rings. The van der Waals surface area contributed by atoms with Gasteiger partial charge < -0.3 is 20.3 Å². The zero-order chi connectivity index (χ0) is 15.5. The van der Waals surface area contributed by atoms with Gasteiger partial charge in [-0.2, -0.15) is 0 Å². The molecule has 2 aromatic rings. The molecular formula is C16H22N4O2. The van der Waals surface area contributed by atoms with Gasteiger partial charge in [-0.3, -0.25) is 4.79 Å². The number of amides is 1. The Morgan fingerprint density at radius 2 is 2.27 bits per heavy atom. The summed E-state index contributed by atoms with van der Waals surface area (Å²) in [5.41, 5.74) is 1.90. The average Bonchev–Trinajstić information content (AvgIpc) is 3.09. The first kappa shape index (κ1) is 15.0. The second kappa shape index (κ2) is 6.46. The zero-order valence-corrected chi connectivity index (χ0v) is 12.7. The van der Waals surface area contributed by atoms with Gasteiger partial charge in [-0.1, -0.05) is 19.1 Å². The van der Waals surface area contributed by atoms with Gasteiger partial charge in [0, 0.05) is 32.0 Å². The van der Waals surface area contributed by atoms with Crippen LogP contribution in [0.2, 0.25) is 0 Å². The van der Waals surface area contributed by atoms with E-state index in [2.05, 4.69) is 15.6 Å². The highest BCUT2D eigenvalue weighted by atomic mass is 16.3. The Kier molecular flexibility index (Phi) is 4.40. The number of hydrogen-bond donors (Lipinski definition) is 3. The van der Waals surface area contributed by atoms with E-state index < -0.39 is 0 Å². The molecule has 1 amide bonds. The van der Waals surface area contributed by atoms with Crippen LogP contribution in [0.5, 0.6) is 0 Å². The summed E-state index contributed by atoms with van der Waals surface area (Å²) >= 11 is 0. The van der Waals surface area contributed by atoms with Crippen LogP contribution in [-0.4, -0.2) is 46.3 Å². The fourth-order valence-electron chi connectivity index (χ4n) is 2.94. The minimum absolute atomic E-state index is 0.0445. The van der Waals surface area contributed by atoms with Crippen LogP contribution in [0.15, 0.2) is 24.3 Å². The molecule has 2 heterocycles. The molecule has 2 atom stereocenters. The first-order chi connectivity index (χ1) is 10.7. The Bertz CT molecular complexity index is 667. The van der Waals surface area contributed by atoms with Crippen molar-refractivity contribution in [1.29, 1.82) is 0 Å².